The zero-order chi connectivity index (χ0) is 25.3. The molecule has 1 atom stereocenters. The third kappa shape index (κ3) is 8.20. The van der Waals surface area contributed by atoms with Gasteiger partial charge in [0.05, 0.1) is 17.9 Å². The number of carbonyl (C=O) groups is 2. The molecular formula is C26H27ClN2O5S. The quantitative estimate of drug-likeness (QED) is 0.370. The standard InChI is InChI=1S/C26H27ClN2O5S/c1-2-34-25(30)18-20-8-13-22(14-9-20)28-26(31)24(17-10-19-6-4-3-5-7-19)29-35(32,33)23-15-11-21(27)12-16-23/h3-9,11-16,24,29H,2,10,17-18H2,1H3,(H,28,31)/t24-/m0/s1. The van der Waals surface area contributed by atoms with Crippen LogP contribution in [-0.4, -0.2) is 32.9 Å². The number of hydrogen-bond acceptors (Lipinski definition) is 5. The first-order valence-corrected chi connectivity index (χ1v) is 13.0. The van der Waals surface area contributed by atoms with Gasteiger partial charge in [0.1, 0.15) is 6.04 Å². The van der Waals surface area contributed by atoms with Gasteiger partial charge in [-0.05, 0) is 67.3 Å². The Hall–Kier alpha value is -3.20. The maximum Gasteiger partial charge on any atom is 0.310 e. The number of hydrogen-bond donors (Lipinski definition) is 2. The van der Waals surface area contributed by atoms with Crippen LogP contribution < -0.4 is 10.0 Å². The lowest BCUT2D eigenvalue weighted by Gasteiger charge is -2.19. The summed E-state index contributed by atoms with van der Waals surface area (Å²) in [4.78, 5) is 24.8. The summed E-state index contributed by atoms with van der Waals surface area (Å²) < 4.78 is 33.4. The molecular weight excluding hydrogens is 488 g/mol. The predicted molar refractivity (Wildman–Crippen MR) is 136 cm³/mol. The summed E-state index contributed by atoms with van der Waals surface area (Å²) >= 11 is 5.88. The monoisotopic (exact) mass is 514 g/mol. The molecule has 0 fully saturated rings. The van der Waals surface area contributed by atoms with Gasteiger partial charge < -0.3 is 10.1 Å². The van der Waals surface area contributed by atoms with E-state index in [1.807, 2.05) is 30.3 Å². The second-order valence-electron chi connectivity index (χ2n) is 7.82. The van der Waals surface area contributed by atoms with Crippen LogP contribution in [0.5, 0.6) is 0 Å². The Morgan fingerprint density at radius 2 is 1.57 bits per heavy atom. The van der Waals surface area contributed by atoms with Crippen molar-refractivity contribution in [2.75, 3.05) is 11.9 Å². The lowest BCUT2D eigenvalue weighted by Crippen LogP contribution is -2.44. The molecule has 1 amide bonds. The van der Waals surface area contributed by atoms with Crippen LogP contribution in [0.3, 0.4) is 0 Å². The lowest BCUT2D eigenvalue weighted by atomic mass is 10.1. The van der Waals surface area contributed by atoms with Gasteiger partial charge in [-0.3, -0.25) is 9.59 Å². The number of aryl methyl sites for hydroxylation is 1. The zero-order valence-corrected chi connectivity index (χ0v) is 20.8. The highest BCUT2D eigenvalue weighted by Crippen LogP contribution is 2.17. The van der Waals surface area contributed by atoms with Crippen molar-refractivity contribution in [1.29, 1.82) is 0 Å². The molecule has 0 aliphatic rings. The largest absolute Gasteiger partial charge is 0.466 e. The van der Waals surface area contributed by atoms with E-state index in [0.29, 0.717) is 23.7 Å². The Morgan fingerprint density at radius 1 is 0.914 bits per heavy atom. The van der Waals surface area contributed by atoms with Crippen molar-refractivity contribution in [2.45, 2.75) is 37.1 Å². The van der Waals surface area contributed by atoms with Crippen LogP contribution in [0.25, 0.3) is 0 Å². The summed E-state index contributed by atoms with van der Waals surface area (Å²) in [5, 5.41) is 3.17. The summed E-state index contributed by atoms with van der Waals surface area (Å²) in [5.74, 6) is -0.821. The smallest absolute Gasteiger partial charge is 0.310 e. The van der Waals surface area contributed by atoms with Crippen molar-refractivity contribution < 1.29 is 22.7 Å². The second-order valence-corrected chi connectivity index (χ2v) is 9.97. The third-order valence-electron chi connectivity index (χ3n) is 5.18. The predicted octanol–water partition coefficient (Wildman–Crippen LogP) is 4.36. The SMILES string of the molecule is CCOC(=O)Cc1ccc(NC(=O)[C@H](CCc2ccccc2)NS(=O)(=O)c2ccc(Cl)cc2)cc1. The van der Waals surface area contributed by atoms with Crippen LogP contribution in [0.4, 0.5) is 5.69 Å². The fraction of sp³-hybridized carbons (Fsp3) is 0.231. The van der Waals surface area contributed by atoms with Crippen molar-refractivity contribution in [3.8, 4) is 0 Å². The van der Waals surface area contributed by atoms with Crippen LogP contribution in [0.2, 0.25) is 5.02 Å². The lowest BCUT2D eigenvalue weighted by molar-refractivity contribution is -0.142. The molecule has 2 N–H and O–H groups in total. The van der Waals surface area contributed by atoms with Gasteiger partial charge in [-0.1, -0.05) is 54.1 Å². The van der Waals surface area contributed by atoms with Gasteiger partial charge in [0.25, 0.3) is 0 Å². The van der Waals surface area contributed by atoms with E-state index in [9.17, 15) is 18.0 Å². The number of sulfonamides is 1. The molecule has 35 heavy (non-hydrogen) atoms. The molecule has 0 saturated heterocycles. The van der Waals surface area contributed by atoms with Gasteiger partial charge >= 0.3 is 5.97 Å². The van der Waals surface area contributed by atoms with E-state index in [0.717, 1.165) is 11.1 Å². The number of esters is 1. The van der Waals surface area contributed by atoms with Crippen molar-refractivity contribution in [3.63, 3.8) is 0 Å². The molecule has 3 aromatic rings. The highest BCUT2D eigenvalue weighted by atomic mass is 35.5. The van der Waals surface area contributed by atoms with E-state index in [-0.39, 0.29) is 23.7 Å². The van der Waals surface area contributed by atoms with Crippen LogP contribution in [-0.2, 0) is 37.2 Å². The van der Waals surface area contributed by atoms with E-state index >= 15 is 0 Å². The second kappa shape index (κ2) is 12.5. The van der Waals surface area contributed by atoms with Gasteiger partial charge in [0, 0.05) is 10.7 Å². The summed E-state index contributed by atoms with van der Waals surface area (Å²) in [6.07, 6.45) is 0.882. The summed E-state index contributed by atoms with van der Waals surface area (Å²) in [5.41, 5.74) is 2.21. The molecule has 0 radical (unpaired) electrons. The Balaban J connectivity index is 1.74. The van der Waals surface area contributed by atoms with Crippen LogP contribution in [0, 0.1) is 0 Å². The molecule has 3 rings (SSSR count). The van der Waals surface area contributed by atoms with Gasteiger partial charge in [-0.25, -0.2) is 8.42 Å². The van der Waals surface area contributed by atoms with Gasteiger partial charge in [-0.15, -0.1) is 0 Å². The Morgan fingerprint density at radius 3 is 2.20 bits per heavy atom. The fourth-order valence-corrected chi connectivity index (χ4v) is 4.74. The molecule has 0 aromatic heterocycles. The van der Waals surface area contributed by atoms with Crippen molar-refractivity contribution >= 4 is 39.2 Å². The molecule has 0 heterocycles. The molecule has 0 aliphatic carbocycles. The molecule has 184 valence electrons. The van der Waals surface area contributed by atoms with Crippen LogP contribution in [0.15, 0.2) is 83.8 Å². The van der Waals surface area contributed by atoms with E-state index in [4.69, 9.17) is 16.3 Å². The molecule has 0 saturated carbocycles. The normalized spacial score (nSPS) is 12.1. The average Bonchev–Trinajstić information content (AvgIpc) is 2.84. The van der Waals surface area contributed by atoms with E-state index in [1.165, 1.54) is 24.3 Å². The van der Waals surface area contributed by atoms with E-state index in [1.54, 1.807) is 31.2 Å². The first-order valence-electron chi connectivity index (χ1n) is 11.1. The number of rotatable bonds is 11. The topological polar surface area (TPSA) is 102 Å². The molecule has 7 nitrogen and oxygen atoms in total. The first kappa shape index (κ1) is 26.4. The maximum absolute atomic E-state index is 13.1. The Kier molecular flexibility index (Phi) is 9.42. The molecule has 0 unspecified atom stereocenters. The molecule has 0 spiro atoms. The minimum atomic E-state index is -3.96. The molecule has 0 aliphatic heterocycles. The number of halogens is 1. The molecule has 9 heteroatoms. The maximum atomic E-state index is 13.1. The zero-order valence-electron chi connectivity index (χ0n) is 19.2. The Bertz CT molecular complexity index is 1230. The number of amides is 1. The number of benzene rings is 3. The van der Waals surface area contributed by atoms with Gasteiger partial charge in [0.2, 0.25) is 15.9 Å². The third-order valence-corrected chi connectivity index (χ3v) is 6.92. The average molecular weight is 515 g/mol. The highest BCUT2D eigenvalue weighted by Gasteiger charge is 2.26. The van der Waals surface area contributed by atoms with E-state index in [2.05, 4.69) is 10.0 Å². The number of anilines is 1. The fourth-order valence-electron chi connectivity index (χ4n) is 3.38. The number of carbonyl (C=O) groups excluding carboxylic acids is 2. The van der Waals surface area contributed by atoms with Crippen molar-refractivity contribution in [3.05, 3.63) is 95.0 Å². The number of nitrogens with one attached hydrogen (secondary N) is 2. The number of ether oxygens (including phenoxy) is 1. The summed E-state index contributed by atoms with van der Waals surface area (Å²) in [6.45, 7) is 2.05. The molecule has 0 bridgehead atoms. The van der Waals surface area contributed by atoms with E-state index < -0.39 is 22.0 Å². The first-order chi connectivity index (χ1) is 16.8. The van der Waals surface area contributed by atoms with Gasteiger partial charge in [0.15, 0.2) is 0 Å². The minimum Gasteiger partial charge on any atom is -0.466 e. The van der Waals surface area contributed by atoms with Crippen molar-refractivity contribution in [1.82, 2.24) is 4.72 Å². The van der Waals surface area contributed by atoms with Crippen LogP contribution in [0.1, 0.15) is 24.5 Å². The summed E-state index contributed by atoms with van der Waals surface area (Å²) in [7, 11) is -3.96. The van der Waals surface area contributed by atoms with Crippen molar-refractivity contribution in [2.24, 2.45) is 0 Å². The van der Waals surface area contributed by atoms with Gasteiger partial charge in [-0.2, -0.15) is 4.72 Å². The van der Waals surface area contributed by atoms with Crippen LogP contribution >= 0.6 is 11.6 Å². The molecule has 3 aromatic carbocycles. The summed E-state index contributed by atoms with van der Waals surface area (Å²) in [6, 6.07) is 21.0. The highest BCUT2D eigenvalue weighted by molar-refractivity contribution is 7.89. The minimum absolute atomic E-state index is 0.0164. The Labute approximate surface area is 210 Å².